The van der Waals surface area contributed by atoms with Crippen LogP contribution in [0.4, 0.5) is 0 Å². The van der Waals surface area contributed by atoms with E-state index in [4.69, 9.17) is 23.9 Å². The van der Waals surface area contributed by atoms with Gasteiger partial charge in [-0.2, -0.15) is 66.7 Å². The molecule has 10 heterocycles. The molecule has 10 rings (SSSR count). The van der Waals surface area contributed by atoms with Crippen molar-refractivity contribution in [1.82, 2.24) is 98.0 Å². The molecule has 41 heteroatoms. The minimum absolute atomic E-state index is 0. The van der Waals surface area contributed by atoms with Crippen LogP contribution in [0.3, 0.4) is 0 Å². The third-order valence-electron chi connectivity index (χ3n) is 14.5. The van der Waals surface area contributed by atoms with Gasteiger partial charge < -0.3 is 132 Å². The first-order valence-corrected chi connectivity index (χ1v) is 44.3. The second-order valence-corrected chi connectivity index (χ2v) is 37.2. The molecular formula is C61H89Br6CuFeMoN20NiO11-11. The van der Waals surface area contributed by atoms with E-state index in [1.54, 1.807) is 0 Å². The van der Waals surface area contributed by atoms with E-state index in [0.717, 1.165) is 11.3 Å². The summed E-state index contributed by atoms with van der Waals surface area (Å²) in [7, 11) is 23.6. The van der Waals surface area contributed by atoms with Crippen LogP contribution in [-0.4, -0.2) is 275 Å². The van der Waals surface area contributed by atoms with Gasteiger partial charge in [0.25, 0.3) is 0 Å². The average molecular weight is 2030 g/mol. The number of carboxylic acid groups (broad SMARTS) is 2. The molecule has 0 saturated carbocycles. The number of carbonyl (C=O) groups is 4. The van der Waals surface area contributed by atoms with Crippen molar-refractivity contribution in [3.05, 3.63) is 191 Å². The Hall–Kier alpha value is -4.61. The van der Waals surface area contributed by atoms with Crippen LogP contribution in [0.25, 0.3) is 0 Å². The smallest absolute Gasteiger partial charge is 0 e. The maximum absolute atomic E-state index is 11.9. The summed E-state index contributed by atoms with van der Waals surface area (Å²) in [6.45, 7) is 31.7. The molecule has 0 radical (unpaired) electrons. The Labute approximate surface area is 679 Å². The summed E-state index contributed by atoms with van der Waals surface area (Å²) < 4.78 is 9.78. The molecule has 102 heavy (non-hydrogen) atoms. The second-order valence-electron chi connectivity index (χ2n) is 21.9. The van der Waals surface area contributed by atoms with Crippen molar-refractivity contribution in [3.8, 4) is 0 Å². The summed E-state index contributed by atoms with van der Waals surface area (Å²) in [4.78, 5) is 109. The Kier molecular flexibility index (Phi) is 50.8. The zero-order chi connectivity index (χ0) is 76.4. The summed E-state index contributed by atoms with van der Waals surface area (Å²) >= 11 is 20.4. The summed E-state index contributed by atoms with van der Waals surface area (Å²) in [5, 5.41) is 18.6. The van der Waals surface area contributed by atoms with E-state index < -0.39 is 23.5 Å². The van der Waals surface area contributed by atoms with Gasteiger partial charge in [-0.3, -0.25) is 39.5 Å². The second kappa shape index (κ2) is 53.2. The monoisotopic (exact) mass is 2030 g/mol. The van der Waals surface area contributed by atoms with E-state index in [1.807, 2.05) is 359 Å². The molecule has 0 aromatic heterocycles. The first kappa shape index (κ1) is 97.4. The molecule has 0 aromatic carbocycles. The number of hydrogen-bond acceptors (Lipinski definition) is 29. The van der Waals surface area contributed by atoms with Crippen LogP contribution in [0.1, 0.15) is 25.7 Å². The third-order valence-corrected chi connectivity index (χ3v) is 14.5. The number of nitrogens with zero attached hydrogens (tertiary/aromatic N) is 20. The molecule has 0 saturated heterocycles. The van der Waals surface area contributed by atoms with Gasteiger partial charge in [-0.25, -0.2) is 0 Å². The van der Waals surface area contributed by atoms with Crippen LogP contribution >= 0.6 is 84.9 Å². The van der Waals surface area contributed by atoms with Gasteiger partial charge in [0.15, 0.2) is 0 Å². The Morgan fingerprint density at radius 3 is 0.676 bits per heavy atom. The molecule has 0 unspecified atom stereocenters. The predicted octanol–water partition coefficient (Wildman–Crippen LogP) is 7.18. The van der Waals surface area contributed by atoms with Crippen LogP contribution in [0.5, 0.6) is 0 Å². The molecule has 10 aliphatic heterocycles. The van der Waals surface area contributed by atoms with Crippen molar-refractivity contribution in [2.75, 3.05) is 111 Å². The van der Waals surface area contributed by atoms with E-state index in [1.165, 1.54) is 36.5 Å². The number of ether oxygens (including phenoxy) is 2. The fourth-order valence-corrected chi connectivity index (χ4v) is 10.3. The molecule has 31 nitrogen and oxygen atoms in total. The number of carboxylic acids is 2. The van der Waals surface area contributed by atoms with E-state index in [2.05, 4.69) is 105 Å². The van der Waals surface area contributed by atoms with Gasteiger partial charge in [0.05, 0.1) is 38.9 Å². The summed E-state index contributed by atoms with van der Waals surface area (Å²) in [5.74, 6) is -3.85. The molecular weight excluding hydrogens is 1940 g/mol. The fraction of sp³-hybridized carbons (Fsp3) is 0.393. The Bertz CT molecular complexity index is 2410. The van der Waals surface area contributed by atoms with Crippen LogP contribution < -0.4 is 0 Å². The maximum atomic E-state index is 11.9. The number of esters is 2. The number of aliphatic carboxylic acids is 2. The first-order valence-electron chi connectivity index (χ1n) is 29.3. The topological polar surface area (TPSA) is 243 Å². The normalized spacial score (nSPS) is 17.1. The molecule has 0 fully saturated rings. The van der Waals surface area contributed by atoms with Crippen LogP contribution in [0.15, 0.2) is 124 Å². The average Bonchev–Trinajstić information content (AvgIpc) is 1.57. The van der Waals surface area contributed by atoms with Crippen LogP contribution in [0.2, 0.25) is 0 Å². The van der Waals surface area contributed by atoms with Gasteiger partial charge in [0.1, 0.15) is 11.6 Å². The number of halogens is 6. The molecule has 0 bridgehead atoms. The fourth-order valence-electron chi connectivity index (χ4n) is 10.3. The largest absolute Gasteiger partial charge is 0.545 e. The van der Waals surface area contributed by atoms with Gasteiger partial charge in [-0.15, -0.1) is 0 Å². The summed E-state index contributed by atoms with van der Waals surface area (Å²) in [5.41, 5.74) is 0. The van der Waals surface area contributed by atoms with Gasteiger partial charge in [0, 0.05) is 60.1 Å². The zero-order valence-electron chi connectivity index (χ0n) is 58.0. The standard InChI is InChI=1S/2C16H23N6O2.2C13H20N4O2.3CHO.6BrH.Cu.Fe.Mo.Ni/c2*1-17-6-9-20(12-17)16(5-4-15(23)24,21-10-7-18(2)13-21)22-11-8-19(3)14-22;2*1-14-4-6-16(10-14)8-12(13(18)19-3)9-17-7-5-15(2)11-17;3*1-2;;;;;;;;;;/h2*6-14H,4-5H2,1-3H3,(H,23,24);2*4-7,10-12H,8-9H2,1-3H3;3*1H;6*1H;;;;/q2*-3;2*-2;3*-1;;;;;;;2*+2;;+4/p-6. The number of methoxy groups -OCH3 is 2. The number of carbonyl (C=O) groups excluding carboxylic acids is 5. The van der Waals surface area contributed by atoms with Crippen LogP contribution in [0, 0.1) is 78.5 Å². The molecule has 0 spiro atoms. The van der Waals surface area contributed by atoms with Gasteiger partial charge >= 0.3 is 142 Å². The first-order chi connectivity index (χ1) is 48.2. The van der Waals surface area contributed by atoms with E-state index in [0.29, 0.717) is 39.0 Å². The van der Waals surface area contributed by atoms with Crippen molar-refractivity contribution in [2.24, 2.45) is 11.8 Å². The molecule has 2 N–H and O–H groups in total. The van der Waals surface area contributed by atoms with Crippen molar-refractivity contribution >= 4 is 129 Å². The molecule has 0 amide bonds. The SMILES string of the molecule is CN1C=CN(C(CCC(=O)O)(N2C=CN(C)[CH-]2)N2C=CN(C)[CH-]2)[CH-]1.CN1C=CN(C(CCC(=O)O)(N2C=CN(C)[CH-]2)N2C=CN(C)[CH-]2)[CH-]1.COC(=O)C(CN1C=CN(C)[CH-]1)CN1C=CN(C)[CH-]1.COC(=O)C(CN1C=CN(C)[CH-]1)CN1C=CN(C)[CH-]1.[Br][Cu][Br].[Br][Fe][Br].[Br][Ni+2][Br].[CH-]=O.[CH-]=O.[CH-]=O.[Mo]. The van der Waals surface area contributed by atoms with Crippen LogP contribution in [-0.2, 0) is 97.7 Å². The quantitative estimate of drug-likeness (QED) is 0.0472. The zero-order valence-corrected chi connectivity index (χ0v) is 72.6. The van der Waals surface area contributed by atoms with Crippen molar-refractivity contribution < 1.29 is 108 Å². The molecule has 587 valence electrons. The Morgan fingerprint density at radius 2 is 0.559 bits per heavy atom. The predicted molar refractivity (Wildman–Crippen MR) is 394 cm³/mol. The summed E-state index contributed by atoms with van der Waals surface area (Å²) in [6, 6.07) is 0. The van der Waals surface area contributed by atoms with E-state index >= 15 is 0 Å². The molecule has 0 atom stereocenters. The van der Waals surface area contributed by atoms with Gasteiger partial charge in [-0.1, -0.05) is 0 Å². The molecule has 0 aromatic rings. The van der Waals surface area contributed by atoms with Gasteiger partial charge in [0.2, 0.25) is 0 Å². The maximum Gasteiger partial charge on any atom is 0 e. The molecule has 0 aliphatic carbocycles. The third kappa shape index (κ3) is 32.6. The molecule has 10 aliphatic rings. The van der Waals surface area contributed by atoms with Crippen molar-refractivity contribution in [2.45, 2.75) is 37.3 Å². The van der Waals surface area contributed by atoms with Gasteiger partial charge in [-0.05, 0) is 194 Å². The summed E-state index contributed by atoms with van der Waals surface area (Å²) in [6.07, 6.45) is 39.9. The minimum Gasteiger partial charge on any atom is -0.545 e. The number of rotatable bonds is 22. The van der Waals surface area contributed by atoms with E-state index in [-0.39, 0.29) is 57.7 Å². The van der Waals surface area contributed by atoms with Crippen molar-refractivity contribution in [1.29, 1.82) is 0 Å². The Balaban J connectivity index is 0.00000125. The van der Waals surface area contributed by atoms with E-state index in [9.17, 15) is 29.4 Å². The number of hydrogen-bond donors (Lipinski definition) is 2. The Morgan fingerprint density at radius 1 is 0.402 bits per heavy atom. The van der Waals surface area contributed by atoms with Crippen molar-refractivity contribution in [3.63, 3.8) is 0 Å². The minimum atomic E-state index is -0.816.